The highest BCUT2D eigenvalue weighted by Crippen LogP contribution is 2.08. The highest BCUT2D eigenvalue weighted by molar-refractivity contribution is 5.92. The van der Waals surface area contributed by atoms with E-state index in [0.717, 1.165) is 31.6 Å². The minimum absolute atomic E-state index is 0.0253. The average molecular weight is 250 g/mol. The standard InChI is InChI=1S/C13H22N4O/c1-3-10-9-12(17(2)16-10)13(18)15-8-6-11-5-4-7-14-11/h9,11,14H,3-8H2,1-2H3,(H,15,18). The molecular weight excluding hydrogens is 228 g/mol. The van der Waals surface area contributed by atoms with Crippen LogP contribution < -0.4 is 10.6 Å². The predicted molar refractivity (Wildman–Crippen MR) is 70.6 cm³/mol. The highest BCUT2D eigenvalue weighted by atomic mass is 16.2. The van der Waals surface area contributed by atoms with Gasteiger partial charge < -0.3 is 10.6 Å². The van der Waals surface area contributed by atoms with Crippen molar-refractivity contribution in [2.24, 2.45) is 7.05 Å². The smallest absolute Gasteiger partial charge is 0.269 e. The van der Waals surface area contributed by atoms with Crippen LogP contribution in [-0.4, -0.2) is 34.8 Å². The lowest BCUT2D eigenvalue weighted by atomic mass is 10.1. The summed E-state index contributed by atoms with van der Waals surface area (Å²) in [5.74, 6) is -0.0253. The summed E-state index contributed by atoms with van der Waals surface area (Å²) in [4.78, 5) is 12.0. The van der Waals surface area contributed by atoms with E-state index in [4.69, 9.17) is 0 Å². The number of rotatable bonds is 5. The third-order valence-electron chi connectivity index (χ3n) is 3.47. The maximum Gasteiger partial charge on any atom is 0.269 e. The van der Waals surface area contributed by atoms with Crippen molar-refractivity contribution in [2.45, 2.75) is 38.6 Å². The zero-order valence-corrected chi connectivity index (χ0v) is 11.2. The van der Waals surface area contributed by atoms with E-state index in [9.17, 15) is 4.79 Å². The Morgan fingerprint density at radius 3 is 3.11 bits per heavy atom. The van der Waals surface area contributed by atoms with E-state index in [2.05, 4.69) is 15.7 Å². The van der Waals surface area contributed by atoms with E-state index in [-0.39, 0.29) is 5.91 Å². The van der Waals surface area contributed by atoms with Gasteiger partial charge in [-0.2, -0.15) is 5.10 Å². The summed E-state index contributed by atoms with van der Waals surface area (Å²) in [6.45, 7) is 3.87. The Bertz CT molecular complexity index is 407. The normalized spacial score (nSPS) is 19.1. The molecule has 1 amide bonds. The number of aryl methyl sites for hydroxylation is 2. The average Bonchev–Trinajstić information content (AvgIpc) is 2.98. The predicted octanol–water partition coefficient (Wildman–Crippen LogP) is 0.854. The fraction of sp³-hybridized carbons (Fsp3) is 0.692. The van der Waals surface area contributed by atoms with Crippen LogP contribution in [0, 0.1) is 0 Å². The first-order valence-corrected chi connectivity index (χ1v) is 6.75. The molecule has 1 aliphatic heterocycles. The monoisotopic (exact) mass is 250 g/mol. The van der Waals surface area contributed by atoms with Crippen LogP contribution in [0.15, 0.2) is 6.07 Å². The zero-order valence-electron chi connectivity index (χ0n) is 11.2. The summed E-state index contributed by atoms with van der Waals surface area (Å²) in [6.07, 6.45) is 4.33. The lowest BCUT2D eigenvalue weighted by Gasteiger charge is -2.10. The Kier molecular flexibility index (Phi) is 4.36. The summed E-state index contributed by atoms with van der Waals surface area (Å²) in [5, 5.41) is 10.7. The van der Waals surface area contributed by atoms with Gasteiger partial charge in [0.05, 0.1) is 5.69 Å². The molecule has 0 aliphatic carbocycles. The van der Waals surface area contributed by atoms with E-state index in [1.165, 1.54) is 12.8 Å². The number of amides is 1. The SMILES string of the molecule is CCc1cc(C(=O)NCCC2CCCN2)n(C)n1. The molecule has 2 heterocycles. The molecule has 1 aromatic rings. The Hall–Kier alpha value is -1.36. The van der Waals surface area contributed by atoms with E-state index < -0.39 is 0 Å². The van der Waals surface area contributed by atoms with E-state index in [1.807, 2.05) is 20.0 Å². The molecule has 0 bridgehead atoms. The Morgan fingerprint density at radius 2 is 2.50 bits per heavy atom. The summed E-state index contributed by atoms with van der Waals surface area (Å²) in [5.41, 5.74) is 1.60. The molecule has 1 fully saturated rings. The molecule has 5 heteroatoms. The largest absolute Gasteiger partial charge is 0.351 e. The molecular formula is C13H22N4O. The van der Waals surface area contributed by atoms with Gasteiger partial charge in [0, 0.05) is 19.6 Å². The van der Waals surface area contributed by atoms with Crippen LogP contribution >= 0.6 is 0 Å². The van der Waals surface area contributed by atoms with E-state index >= 15 is 0 Å². The van der Waals surface area contributed by atoms with Gasteiger partial charge in [-0.15, -0.1) is 0 Å². The molecule has 0 spiro atoms. The lowest BCUT2D eigenvalue weighted by Crippen LogP contribution is -2.31. The topological polar surface area (TPSA) is 59.0 Å². The molecule has 1 saturated heterocycles. The van der Waals surface area contributed by atoms with Gasteiger partial charge in [-0.25, -0.2) is 0 Å². The zero-order chi connectivity index (χ0) is 13.0. The summed E-state index contributed by atoms with van der Waals surface area (Å²) in [7, 11) is 1.81. The van der Waals surface area contributed by atoms with Crippen LogP contribution in [0.3, 0.4) is 0 Å². The van der Waals surface area contributed by atoms with Crippen molar-refractivity contribution < 1.29 is 4.79 Å². The second kappa shape index (κ2) is 6.00. The van der Waals surface area contributed by atoms with Crippen molar-refractivity contribution in [1.29, 1.82) is 0 Å². The first kappa shape index (κ1) is 13.1. The fourth-order valence-electron chi connectivity index (χ4n) is 2.37. The highest BCUT2D eigenvalue weighted by Gasteiger charge is 2.15. The van der Waals surface area contributed by atoms with Crippen LogP contribution in [0.25, 0.3) is 0 Å². The van der Waals surface area contributed by atoms with Crippen molar-refractivity contribution in [2.75, 3.05) is 13.1 Å². The van der Waals surface area contributed by atoms with E-state index in [1.54, 1.807) is 4.68 Å². The minimum atomic E-state index is -0.0253. The van der Waals surface area contributed by atoms with Crippen molar-refractivity contribution in [1.82, 2.24) is 20.4 Å². The molecule has 1 atom stereocenters. The van der Waals surface area contributed by atoms with Crippen molar-refractivity contribution >= 4 is 5.91 Å². The Balaban J connectivity index is 1.81. The second-order valence-electron chi connectivity index (χ2n) is 4.84. The third-order valence-corrected chi connectivity index (χ3v) is 3.47. The van der Waals surface area contributed by atoms with Crippen LogP contribution in [0.5, 0.6) is 0 Å². The first-order chi connectivity index (χ1) is 8.70. The van der Waals surface area contributed by atoms with Gasteiger partial charge in [0.15, 0.2) is 0 Å². The first-order valence-electron chi connectivity index (χ1n) is 6.75. The van der Waals surface area contributed by atoms with Crippen molar-refractivity contribution in [3.63, 3.8) is 0 Å². The molecule has 0 saturated carbocycles. The third kappa shape index (κ3) is 3.10. The molecule has 2 rings (SSSR count). The molecule has 100 valence electrons. The number of carbonyl (C=O) groups is 1. The number of hydrogen-bond donors (Lipinski definition) is 2. The van der Waals surface area contributed by atoms with Crippen LogP contribution in [0.2, 0.25) is 0 Å². The van der Waals surface area contributed by atoms with Gasteiger partial charge in [0.1, 0.15) is 5.69 Å². The quantitative estimate of drug-likeness (QED) is 0.814. The Morgan fingerprint density at radius 1 is 1.67 bits per heavy atom. The van der Waals surface area contributed by atoms with Crippen LogP contribution in [-0.2, 0) is 13.5 Å². The molecule has 18 heavy (non-hydrogen) atoms. The Labute approximate surface area is 108 Å². The molecule has 0 aromatic carbocycles. The van der Waals surface area contributed by atoms with Crippen molar-refractivity contribution in [3.8, 4) is 0 Å². The summed E-state index contributed by atoms with van der Waals surface area (Å²) >= 11 is 0. The summed E-state index contributed by atoms with van der Waals surface area (Å²) < 4.78 is 1.65. The van der Waals surface area contributed by atoms with Gasteiger partial charge in [0.2, 0.25) is 0 Å². The minimum Gasteiger partial charge on any atom is -0.351 e. The van der Waals surface area contributed by atoms with Gasteiger partial charge in [-0.1, -0.05) is 6.92 Å². The number of hydrogen-bond acceptors (Lipinski definition) is 3. The molecule has 1 aromatic heterocycles. The van der Waals surface area contributed by atoms with Gasteiger partial charge in [-0.3, -0.25) is 9.48 Å². The van der Waals surface area contributed by atoms with Crippen LogP contribution in [0.1, 0.15) is 42.4 Å². The maximum atomic E-state index is 12.0. The van der Waals surface area contributed by atoms with Gasteiger partial charge in [-0.05, 0) is 38.3 Å². The molecule has 1 unspecified atom stereocenters. The fourth-order valence-corrected chi connectivity index (χ4v) is 2.37. The maximum absolute atomic E-state index is 12.0. The number of aromatic nitrogens is 2. The molecule has 2 N–H and O–H groups in total. The van der Waals surface area contributed by atoms with Crippen molar-refractivity contribution in [3.05, 3.63) is 17.5 Å². The van der Waals surface area contributed by atoms with Gasteiger partial charge >= 0.3 is 0 Å². The molecule has 0 radical (unpaired) electrons. The number of nitrogens with zero attached hydrogens (tertiary/aromatic N) is 2. The second-order valence-corrected chi connectivity index (χ2v) is 4.84. The molecule has 5 nitrogen and oxygen atoms in total. The lowest BCUT2D eigenvalue weighted by molar-refractivity contribution is 0.0943. The summed E-state index contributed by atoms with van der Waals surface area (Å²) in [6, 6.07) is 2.44. The van der Waals surface area contributed by atoms with E-state index in [0.29, 0.717) is 11.7 Å². The number of carbonyl (C=O) groups excluding carboxylic acids is 1. The van der Waals surface area contributed by atoms with Crippen LogP contribution in [0.4, 0.5) is 0 Å². The number of nitrogens with one attached hydrogen (secondary N) is 2. The molecule has 1 aliphatic rings. The van der Waals surface area contributed by atoms with Gasteiger partial charge in [0.25, 0.3) is 5.91 Å².